The fourth-order valence-electron chi connectivity index (χ4n) is 1.98. The summed E-state index contributed by atoms with van der Waals surface area (Å²) in [7, 11) is -1.69. The monoisotopic (exact) mass is 294 g/mol. The number of nitrogens with zero attached hydrogens (tertiary/aromatic N) is 2. The number of hydrogen-bond acceptors (Lipinski definition) is 5. The molecule has 2 rings (SSSR count). The molecular weight excluding hydrogens is 280 g/mol. The zero-order valence-corrected chi connectivity index (χ0v) is 12.1. The summed E-state index contributed by atoms with van der Waals surface area (Å²) in [6.07, 6.45) is 0. The highest BCUT2D eigenvalue weighted by Crippen LogP contribution is 2.42. The minimum absolute atomic E-state index is 0.339. The molecule has 0 spiro atoms. The molecule has 1 aromatic rings. The summed E-state index contributed by atoms with van der Waals surface area (Å²) >= 11 is 0. The van der Waals surface area contributed by atoms with Crippen LogP contribution >= 0.6 is 0 Å². The van der Waals surface area contributed by atoms with E-state index in [1.54, 1.807) is 26.0 Å². The Hall–Kier alpha value is -1.91. The van der Waals surface area contributed by atoms with Crippen LogP contribution in [-0.2, 0) is 15.6 Å². The summed E-state index contributed by atoms with van der Waals surface area (Å²) in [6, 6.07) is 6.57. The van der Waals surface area contributed by atoms with Crippen LogP contribution in [0.2, 0.25) is 0 Å². The molecule has 1 unspecified atom stereocenters. The van der Waals surface area contributed by atoms with Crippen molar-refractivity contribution in [1.82, 2.24) is 5.06 Å². The molecule has 7 heteroatoms. The van der Waals surface area contributed by atoms with Crippen molar-refractivity contribution in [2.45, 2.75) is 31.1 Å². The van der Waals surface area contributed by atoms with Crippen LogP contribution in [0, 0.1) is 11.3 Å². The highest BCUT2D eigenvalue weighted by atomic mass is 32.2. The van der Waals surface area contributed by atoms with Crippen molar-refractivity contribution in [3.8, 4) is 11.8 Å². The second kappa shape index (κ2) is 4.89. The minimum Gasteiger partial charge on any atom is -0.474 e. The minimum atomic E-state index is -1.69. The van der Waals surface area contributed by atoms with Crippen molar-refractivity contribution < 1.29 is 18.9 Å². The first-order chi connectivity index (χ1) is 9.27. The molecule has 20 heavy (non-hydrogen) atoms. The lowest BCUT2D eigenvalue weighted by Gasteiger charge is -2.38. The molecule has 106 valence electrons. The Bertz CT molecular complexity index is 636. The Morgan fingerprint density at radius 3 is 2.75 bits per heavy atom. The SMILES string of the molecule is CC(=O)N(O)[C@@H]1c2cc(C#N)ccc2OC(C)(C)S1=O. The Labute approximate surface area is 119 Å². The van der Waals surface area contributed by atoms with Gasteiger partial charge in [0, 0.05) is 12.5 Å². The van der Waals surface area contributed by atoms with Crippen LogP contribution in [0.5, 0.6) is 5.75 Å². The van der Waals surface area contributed by atoms with Gasteiger partial charge >= 0.3 is 0 Å². The molecule has 0 aliphatic carbocycles. The van der Waals surface area contributed by atoms with Crippen molar-refractivity contribution in [2.75, 3.05) is 0 Å². The Balaban J connectivity index is 2.63. The van der Waals surface area contributed by atoms with Crippen LogP contribution in [0.1, 0.15) is 37.3 Å². The summed E-state index contributed by atoms with van der Waals surface area (Å²) < 4.78 is 18.1. The lowest BCUT2D eigenvalue weighted by Crippen LogP contribution is -2.46. The van der Waals surface area contributed by atoms with Crippen LogP contribution in [0.3, 0.4) is 0 Å². The van der Waals surface area contributed by atoms with E-state index in [1.807, 2.05) is 6.07 Å². The maximum atomic E-state index is 12.5. The van der Waals surface area contributed by atoms with Gasteiger partial charge in [-0.15, -0.1) is 0 Å². The van der Waals surface area contributed by atoms with Gasteiger partial charge in [-0.25, -0.2) is 5.06 Å². The highest BCUT2D eigenvalue weighted by Gasteiger charge is 2.45. The number of hydrogen-bond donors (Lipinski definition) is 1. The molecule has 1 amide bonds. The fraction of sp³-hybridized carbons (Fsp3) is 0.385. The number of amides is 1. The number of benzene rings is 1. The Kier molecular flexibility index (Phi) is 3.54. The molecule has 6 nitrogen and oxygen atoms in total. The van der Waals surface area contributed by atoms with Gasteiger partial charge < -0.3 is 4.74 Å². The second-order valence-electron chi connectivity index (χ2n) is 4.88. The van der Waals surface area contributed by atoms with E-state index in [9.17, 15) is 14.2 Å². The average molecular weight is 294 g/mol. The number of ether oxygens (including phenoxy) is 1. The van der Waals surface area contributed by atoms with E-state index >= 15 is 0 Å². The number of rotatable bonds is 1. The van der Waals surface area contributed by atoms with Gasteiger partial charge in [-0.1, -0.05) is 0 Å². The van der Waals surface area contributed by atoms with Gasteiger partial charge in [0.15, 0.2) is 10.3 Å². The molecule has 1 N–H and O–H groups in total. The van der Waals surface area contributed by atoms with E-state index < -0.39 is 27.0 Å². The van der Waals surface area contributed by atoms with Crippen molar-refractivity contribution in [3.05, 3.63) is 29.3 Å². The molecular formula is C13H14N2O4S. The molecule has 1 aromatic carbocycles. The fourth-order valence-corrected chi connectivity index (χ4v) is 3.44. The summed E-state index contributed by atoms with van der Waals surface area (Å²) in [5.74, 6) is -0.228. The summed E-state index contributed by atoms with van der Waals surface area (Å²) in [5, 5.41) is 18.2. The van der Waals surface area contributed by atoms with Crippen LogP contribution in [0.4, 0.5) is 0 Å². The Morgan fingerprint density at radius 1 is 1.55 bits per heavy atom. The van der Waals surface area contributed by atoms with Gasteiger partial charge in [-0.2, -0.15) is 5.26 Å². The number of hydroxylamine groups is 2. The lowest BCUT2D eigenvalue weighted by molar-refractivity contribution is -0.167. The van der Waals surface area contributed by atoms with E-state index in [0.717, 1.165) is 0 Å². The van der Waals surface area contributed by atoms with Gasteiger partial charge in [0.1, 0.15) is 5.75 Å². The third-order valence-electron chi connectivity index (χ3n) is 2.99. The molecule has 0 aromatic heterocycles. The summed E-state index contributed by atoms with van der Waals surface area (Å²) in [6.45, 7) is 4.41. The third kappa shape index (κ3) is 2.28. The van der Waals surface area contributed by atoms with Crippen LogP contribution < -0.4 is 4.74 Å². The molecule has 0 saturated carbocycles. The first-order valence-electron chi connectivity index (χ1n) is 5.90. The molecule has 2 atom stereocenters. The van der Waals surface area contributed by atoms with Crippen molar-refractivity contribution in [2.24, 2.45) is 0 Å². The van der Waals surface area contributed by atoms with Crippen LogP contribution in [-0.4, -0.2) is 25.3 Å². The predicted octanol–water partition coefficient (Wildman–Crippen LogP) is 1.67. The summed E-state index contributed by atoms with van der Waals surface area (Å²) in [4.78, 5) is 10.3. The average Bonchev–Trinajstić information content (AvgIpc) is 2.38. The maximum absolute atomic E-state index is 12.5. The predicted molar refractivity (Wildman–Crippen MR) is 71.1 cm³/mol. The second-order valence-corrected chi connectivity index (χ2v) is 6.90. The topological polar surface area (TPSA) is 90.6 Å². The van der Waals surface area contributed by atoms with Crippen molar-refractivity contribution in [1.29, 1.82) is 5.26 Å². The smallest absolute Gasteiger partial charge is 0.244 e. The summed E-state index contributed by atoms with van der Waals surface area (Å²) in [5.41, 5.74) is 0.699. The number of fused-ring (bicyclic) bond motifs is 1. The van der Waals surface area contributed by atoms with E-state index in [1.165, 1.54) is 13.0 Å². The number of nitriles is 1. The van der Waals surface area contributed by atoms with Crippen LogP contribution in [0.15, 0.2) is 18.2 Å². The quantitative estimate of drug-likeness (QED) is 0.628. The van der Waals surface area contributed by atoms with E-state index in [2.05, 4.69) is 0 Å². The third-order valence-corrected chi connectivity index (χ3v) is 4.90. The number of carbonyl (C=O) groups is 1. The normalized spacial score (nSPS) is 23.1. The molecule has 1 heterocycles. The van der Waals surface area contributed by atoms with Gasteiger partial charge in [-0.05, 0) is 32.0 Å². The highest BCUT2D eigenvalue weighted by molar-refractivity contribution is 7.86. The molecule has 1 aliphatic heterocycles. The van der Waals surface area contributed by atoms with Crippen molar-refractivity contribution >= 4 is 16.7 Å². The Morgan fingerprint density at radius 2 is 2.20 bits per heavy atom. The van der Waals surface area contributed by atoms with E-state index in [0.29, 0.717) is 21.9 Å². The first-order valence-corrected chi connectivity index (χ1v) is 7.11. The molecule has 0 fully saturated rings. The molecule has 0 saturated heterocycles. The zero-order chi connectivity index (χ0) is 15.1. The van der Waals surface area contributed by atoms with E-state index in [4.69, 9.17) is 10.00 Å². The van der Waals surface area contributed by atoms with Gasteiger partial charge in [0.25, 0.3) is 0 Å². The zero-order valence-electron chi connectivity index (χ0n) is 11.3. The number of carbonyl (C=O) groups excluding carboxylic acids is 1. The van der Waals surface area contributed by atoms with Gasteiger partial charge in [-0.3, -0.25) is 14.2 Å². The standard InChI is InChI=1S/C13H14N2O4S/c1-8(16)15(17)12-10-6-9(7-14)4-5-11(10)19-13(2,3)20(12)18/h4-6,12,17H,1-3H3/t12-,20?/m0/s1. The molecule has 1 aliphatic rings. The lowest BCUT2D eigenvalue weighted by atomic mass is 10.1. The van der Waals surface area contributed by atoms with Crippen LogP contribution in [0.25, 0.3) is 0 Å². The van der Waals surface area contributed by atoms with Gasteiger partial charge in [0.05, 0.1) is 22.4 Å². The first kappa shape index (κ1) is 14.5. The maximum Gasteiger partial charge on any atom is 0.244 e. The van der Waals surface area contributed by atoms with Crippen molar-refractivity contribution in [3.63, 3.8) is 0 Å². The molecule has 0 bridgehead atoms. The van der Waals surface area contributed by atoms with Gasteiger partial charge in [0.2, 0.25) is 5.91 Å². The molecule has 0 radical (unpaired) electrons. The van der Waals surface area contributed by atoms with E-state index in [-0.39, 0.29) is 0 Å². The largest absolute Gasteiger partial charge is 0.474 e.